The van der Waals surface area contributed by atoms with E-state index in [1.165, 1.54) is 16.4 Å². The van der Waals surface area contributed by atoms with E-state index in [9.17, 15) is 18.0 Å². The molecular formula is C24H30N4O4S. The molecule has 0 atom stereocenters. The topological polar surface area (TPSA) is 90.0 Å². The Hall–Kier alpha value is -2.75. The van der Waals surface area contributed by atoms with Crippen molar-refractivity contribution in [3.05, 3.63) is 54.1 Å². The lowest BCUT2D eigenvalue weighted by atomic mass is 10.1. The lowest BCUT2D eigenvalue weighted by Gasteiger charge is -2.33. The molecule has 2 aliphatic rings. The number of nitrogens with zero attached hydrogens (tertiary/aromatic N) is 3. The maximum absolute atomic E-state index is 12.9. The molecule has 2 aromatic rings. The van der Waals surface area contributed by atoms with Crippen LogP contribution in [-0.4, -0.2) is 68.7 Å². The Labute approximate surface area is 195 Å². The largest absolute Gasteiger partial charge is 0.322 e. The molecule has 1 N–H and O–H groups in total. The molecule has 2 aliphatic heterocycles. The minimum Gasteiger partial charge on any atom is -0.322 e. The highest BCUT2D eigenvalue weighted by Gasteiger charge is 2.28. The van der Waals surface area contributed by atoms with Crippen LogP contribution in [-0.2, 0) is 14.8 Å². The third-order valence-electron chi connectivity index (χ3n) is 6.29. The third-order valence-corrected chi connectivity index (χ3v) is 8.21. The summed E-state index contributed by atoms with van der Waals surface area (Å²) in [6, 6.07) is 13.2. The van der Waals surface area contributed by atoms with Crippen LogP contribution in [0, 0.1) is 0 Å². The van der Waals surface area contributed by atoms with Gasteiger partial charge in [0.15, 0.2) is 0 Å². The van der Waals surface area contributed by atoms with Crippen molar-refractivity contribution < 1.29 is 18.0 Å². The van der Waals surface area contributed by atoms with Crippen molar-refractivity contribution in [2.24, 2.45) is 0 Å². The molecule has 0 aliphatic carbocycles. The second-order valence-corrected chi connectivity index (χ2v) is 10.3. The van der Waals surface area contributed by atoms with Crippen LogP contribution in [0.15, 0.2) is 53.4 Å². The lowest BCUT2D eigenvalue weighted by Crippen LogP contribution is -2.48. The van der Waals surface area contributed by atoms with Crippen molar-refractivity contribution >= 4 is 33.2 Å². The summed E-state index contributed by atoms with van der Waals surface area (Å²) in [5.41, 5.74) is 1.78. The number of piperidine rings is 1. The maximum Gasteiger partial charge on any atom is 0.255 e. The van der Waals surface area contributed by atoms with E-state index < -0.39 is 10.0 Å². The zero-order valence-corrected chi connectivity index (χ0v) is 19.7. The first-order chi connectivity index (χ1) is 15.9. The number of carbonyl (C=O) groups is 2. The molecule has 9 heteroatoms. The van der Waals surface area contributed by atoms with Crippen LogP contribution in [0.25, 0.3) is 0 Å². The van der Waals surface area contributed by atoms with Gasteiger partial charge in [-0.2, -0.15) is 4.31 Å². The van der Waals surface area contributed by atoms with E-state index >= 15 is 0 Å². The molecule has 0 unspecified atom stereocenters. The highest BCUT2D eigenvalue weighted by atomic mass is 32.2. The Balaban J connectivity index is 1.38. The Bertz CT molecular complexity index is 1090. The molecule has 2 heterocycles. The smallest absolute Gasteiger partial charge is 0.255 e. The first-order valence-corrected chi connectivity index (χ1v) is 12.9. The number of nitrogens with one attached hydrogen (secondary N) is 1. The lowest BCUT2D eigenvalue weighted by molar-refractivity contribution is -0.119. The average molecular weight is 471 g/mol. The van der Waals surface area contributed by atoms with Gasteiger partial charge in [-0.15, -0.1) is 0 Å². The predicted molar refractivity (Wildman–Crippen MR) is 128 cm³/mol. The summed E-state index contributed by atoms with van der Waals surface area (Å²) in [7, 11) is -3.55. The molecule has 2 fully saturated rings. The summed E-state index contributed by atoms with van der Waals surface area (Å²) in [4.78, 5) is 28.9. The molecular weight excluding hydrogens is 440 g/mol. The van der Waals surface area contributed by atoms with Crippen LogP contribution in [0.2, 0.25) is 0 Å². The summed E-state index contributed by atoms with van der Waals surface area (Å²) in [6.45, 7) is 6.11. The fraction of sp³-hybridized carbons (Fsp3) is 0.417. The molecule has 2 aromatic carbocycles. The molecule has 4 rings (SSSR count). The third kappa shape index (κ3) is 5.26. The van der Waals surface area contributed by atoms with Crippen molar-refractivity contribution in [2.45, 2.75) is 31.1 Å². The normalized spacial score (nSPS) is 18.3. The van der Waals surface area contributed by atoms with Gasteiger partial charge in [-0.3, -0.25) is 9.59 Å². The number of hydrogen-bond acceptors (Lipinski definition) is 5. The zero-order valence-electron chi connectivity index (χ0n) is 18.9. The Morgan fingerprint density at radius 2 is 1.58 bits per heavy atom. The monoisotopic (exact) mass is 470 g/mol. The van der Waals surface area contributed by atoms with Crippen molar-refractivity contribution in [1.82, 2.24) is 9.21 Å². The van der Waals surface area contributed by atoms with Gasteiger partial charge in [0, 0.05) is 56.1 Å². The number of hydrogen-bond donors (Lipinski definition) is 1. The number of piperazine rings is 1. The number of anilines is 2. The van der Waals surface area contributed by atoms with Crippen molar-refractivity contribution in [3.8, 4) is 0 Å². The van der Waals surface area contributed by atoms with E-state index in [-0.39, 0.29) is 16.7 Å². The van der Waals surface area contributed by atoms with Gasteiger partial charge in [-0.25, -0.2) is 8.42 Å². The first kappa shape index (κ1) is 23.4. The van der Waals surface area contributed by atoms with Gasteiger partial charge in [0.1, 0.15) is 0 Å². The Morgan fingerprint density at radius 3 is 2.18 bits per heavy atom. The minimum atomic E-state index is -3.55. The summed E-state index contributed by atoms with van der Waals surface area (Å²) in [5, 5.41) is 2.80. The van der Waals surface area contributed by atoms with Crippen LogP contribution in [0.3, 0.4) is 0 Å². The van der Waals surface area contributed by atoms with E-state index in [1.54, 1.807) is 41.3 Å². The fourth-order valence-corrected chi connectivity index (χ4v) is 5.64. The number of amides is 2. The summed E-state index contributed by atoms with van der Waals surface area (Å²) < 4.78 is 27.3. The average Bonchev–Trinajstić information content (AvgIpc) is 2.85. The standard InChI is InChI=1S/C24H30N4O4S/c1-2-26-15-17-27(18-16-26)33(31,32)22-12-8-20(9-13-22)25-24(30)19-6-10-21(11-7-19)28-14-4-3-5-23(28)29/h6-13H,2-5,14-18H2,1H3,(H,25,30). The fourth-order valence-electron chi connectivity index (χ4n) is 4.22. The Kier molecular flexibility index (Phi) is 7.11. The van der Waals surface area contributed by atoms with Gasteiger partial charge >= 0.3 is 0 Å². The van der Waals surface area contributed by atoms with E-state index in [2.05, 4.69) is 17.1 Å². The molecule has 2 saturated heterocycles. The molecule has 8 nitrogen and oxygen atoms in total. The summed E-state index contributed by atoms with van der Waals surface area (Å²) in [6.07, 6.45) is 2.46. The summed E-state index contributed by atoms with van der Waals surface area (Å²) >= 11 is 0. The highest BCUT2D eigenvalue weighted by molar-refractivity contribution is 7.89. The van der Waals surface area contributed by atoms with Gasteiger partial charge in [-0.05, 0) is 67.9 Å². The zero-order chi connectivity index (χ0) is 23.4. The molecule has 0 bridgehead atoms. The van der Waals surface area contributed by atoms with E-state index in [1.807, 2.05) is 0 Å². The number of benzene rings is 2. The molecule has 0 saturated carbocycles. The van der Waals surface area contributed by atoms with E-state index in [0.717, 1.165) is 38.2 Å². The van der Waals surface area contributed by atoms with Crippen LogP contribution in [0.5, 0.6) is 0 Å². The van der Waals surface area contributed by atoms with Crippen LogP contribution < -0.4 is 10.2 Å². The minimum absolute atomic E-state index is 0.112. The van der Waals surface area contributed by atoms with Gasteiger partial charge in [0.05, 0.1) is 4.90 Å². The summed E-state index contributed by atoms with van der Waals surface area (Å²) in [5.74, 6) is -0.182. The van der Waals surface area contributed by atoms with Gasteiger partial charge < -0.3 is 15.1 Å². The first-order valence-electron chi connectivity index (χ1n) is 11.4. The SMILES string of the molecule is CCN1CCN(S(=O)(=O)c2ccc(NC(=O)c3ccc(N4CCCCC4=O)cc3)cc2)CC1. The van der Waals surface area contributed by atoms with Crippen molar-refractivity contribution in [2.75, 3.05) is 49.5 Å². The Morgan fingerprint density at radius 1 is 0.909 bits per heavy atom. The molecule has 0 aromatic heterocycles. The van der Waals surface area contributed by atoms with Crippen LogP contribution >= 0.6 is 0 Å². The number of rotatable bonds is 6. The van der Waals surface area contributed by atoms with Gasteiger partial charge in [0.25, 0.3) is 5.91 Å². The number of carbonyl (C=O) groups excluding carboxylic acids is 2. The highest BCUT2D eigenvalue weighted by Crippen LogP contribution is 2.23. The van der Waals surface area contributed by atoms with Crippen molar-refractivity contribution in [3.63, 3.8) is 0 Å². The quantitative estimate of drug-likeness (QED) is 0.701. The number of likely N-dealkylation sites (N-methyl/N-ethyl adjacent to an activating group) is 1. The molecule has 2 amide bonds. The van der Waals surface area contributed by atoms with Gasteiger partial charge in [0.2, 0.25) is 15.9 Å². The predicted octanol–water partition coefficient (Wildman–Crippen LogP) is 2.78. The molecule has 33 heavy (non-hydrogen) atoms. The molecule has 176 valence electrons. The number of sulfonamides is 1. The van der Waals surface area contributed by atoms with E-state index in [0.29, 0.717) is 37.3 Å². The van der Waals surface area contributed by atoms with Crippen LogP contribution in [0.1, 0.15) is 36.5 Å². The molecule has 0 radical (unpaired) electrons. The van der Waals surface area contributed by atoms with Gasteiger partial charge in [-0.1, -0.05) is 6.92 Å². The maximum atomic E-state index is 12.9. The molecule has 0 spiro atoms. The second-order valence-electron chi connectivity index (χ2n) is 8.37. The van der Waals surface area contributed by atoms with Crippen molar-refractivity contribution in [1.29, 1.82) is 0 Å². The second kappa shape index (κ2) is 10.0. The van der Waals surface area contributed by atoms with E-state index in [4.69, 9.17) is 0 Å². The van der Waals surface area contributed by atoms with Crippen LogP contribution in [0.4, 0.5) is 11.4 Å².